The van der Waals surface area contributed by atoms with Gasteiger partial charge in [0.2, 0.25) is 5.91 Å². The summed E-state index contributed by atoms with van der Waals surface area (Å²) in [6, 6.07) is 0. The van der Waals surface area contributed by atoms with E-state index in [1.807, 2.05) is 4.90 Å². The van der Waals surface area contributed by atoms with Crippen molar-refractivity contribution in [1.82, 2.24) is 10.2 Å². The van der Waals surface area contributed by atoms with Gasteiger partial charge in [-0.1, -0.05) is 11.6 Å². The van der Waals surface area contributed by atoms with Crippen molar-refractivity contribution >= 4 is 5.91 Å². The first-order valence-electron chi connectivity index (χ1n) is 5.92. The lowest BCUT2D eigenvalue weighted by molar-refractivity contribution is -0.135. The van der Waals surface area contributed by atoms with Crippen LogP contribution in [0, 0.1) is 5.92 Å². The number of rotatable bonds is 1. The zero-order valence-electron chi connectivity index (χ0n) is 9.46. The Morgan fingerprint density at radius 2 is 2.47 bits per heavy atom. The van der Waals surface area contributed by atoms with Crippen molar-refractivity contribution in [2.24, 2.45) is 5.92 Å². The molecule has 1 unspecified atom stereocenters. The molecule has 3 heteroatoms. The lowest BCUT2D eigenvalue weighted by atomic mass is 9.97. The van der Waals surface area contributed by atoms with Crippen LogP contribution in [0.2, 0.25) is 0 Å². The zero-order chi connectivity index (χ0) is 10.7. The monoisotopic (exact) mass is 208 g/mol. The SMILES string of the molecule is CC1=CCCN(C(=O)C2CCCNC2)C1. The molecule has 2 heterocycles. The first-order valence-corrected chi connectivity index (χ1v) is 5.92. The highest BCUT2D eigenvalue weighted by atomic mass is 16.2. The Labute approximate surface area is 91.5 Å². The molecule has 1 fully saturated rings. The summed E-state index contributed by atoms with van der Waals surface area (Å²) in [7, 11) is 0. The van der Waals surface area contributed by atoms with Gasteiger partial charge in [0, 0.05) is 19.6 Å². The van der Waals surface area contributed by atoms with Gasteiger partial charge in [-0.2, -0.15) is 0 Å². The molecular formula is C12H20N2O. The summed E-state index contributed by atoms with van der Waals surface area (Å²) in [5, 5.41) is 3.30. The second-order valence-electron chi connectivity index (χ2n) is 4.64. The van der Waals surface area contributed by atoms with Gasteiger partial charge in [-0.05, 0) is 32.7 Å². The van der Waals surface area contributed by atoms with Crippen LogP contribution in [0.4, 0.5) is 0 Å². The molecule has 0 aromatic heterocycles. The standard InChI is InChI=1S/C12H20N2O/c1-10-4-3-7-14(9-10)12(15)11-5-2-6-13-8-11/h4,11,13H,2-3,5-9H2,1H3. The Morgan fingerprint density at radius 3 is 3.13 bits per heavy atom. The summed E-state index contributed by atoms with van der Waals surface area (Å²) in [5.74, 6) is 0.583. The van der Waals surface area contributed by atoms with Crippen molar-refractivity contribution in [3.63, 3.8) is 0 Å². The number of amides is 1. The maximum absolute atomic E-state index is 12.2. The van der Waals surface area contributed by atoms with Crippen LogP contribution in [-0.2, 0) is 4.79 Å². The van der Waals surface area contributed by atoms with Crippen LogP contribution < -0.4 is 5.32 Å². The maximum Gasteiger partial charge on any atom is 0.227 e. The van der Waals surface area contributed by atoms with Gasteiger partial charge < -0.3 is 10.2 Å². The van der Waals surface area contributed by atoms with E-state index < -0.39 is 0 Å². The van der Waals surface area contributed by atoms with Gasteiger partial charge in [0.15, 0.2) is 0 Å². The lowest BCUT2D eigenvalue weighted by Crippen LogP contribution is -2.44. The van der Waals surface area contributed by atoms with Crippen LogP contribution >= 0.6 is 0 Å². The molecule has 3 nitrogen and oxygen atoms in total. The smallest absolute Gasteiger partial charge is 0.227 e. The Kier molecular flexibility index (Phi) is 3.41. The van der Waals surface area contributed by atoms with Crippen molar-refractivity contribution in [1.29, 1.82) is 0 Å². The number of piperidine rings is 1. The minimum Gasteiger partial charge on any atom is -0.338 e. The van der Waals surface area contributed by atoms with E-state index in [2.05, 4.69) is 18.3 Å². The second kappa shape index (κ2) is 4.79. The zero-order valence-corrected chi connectivity index (χ0v) is 9.46. The van der Waals surface area contributed by atoms with E-state index >= 15 is 0 Å². The van der Waals surface area contributed by atoms with Gasteiger partial charge in [0.05, 0.1) is 5.92 Å². The fourth-order valence-corrected chi connectivity index (χ4v) is 2.42. The quantitative estimate of drug-likeness (QED) is 0.656. The Hall–Kier alpha value is -0.830. The molecule has 2 rings (SSSR count). The molecule has 84 valence electrons. The van der Waals surface area contributed by atoms with E-state index in [1.54, 1.807) is 0 Å². The topological polar surface area (TPSA) is 32.3 Å². The highest BCUT2D eigenvalue weighted by molar-refractivity contribution is 5.79. The van der Waals surface area contributed by atoms with E-state index in [-0.39, 0.29) is 5.92 Å². The summed E-state index contributed by atoms with van der Waals surface area (Å²) >= 11 is 0. The fourth-order valence-electron chi connectivity index (χ4n) is 2.42. The molecule has 2 aliphatic rings. The molecule has 0 aromatic carbocycles. The van der Waals surface area contributed by atoms with Crippen molar-refractivity contribution in [3.8, 4) is 0 Å². The first-order chi connectivity index (χ1) is 7.27. The van der Waals surface area contributed by atoms with Crippen molar-refractivity contribution in [3.05, 3.63) is 11.6 Å². The Morgan fingerprint density at radius 1 is 1.60 bits per heavy atom. The molecule has 15 heavy (non-hydrogen) atoms. The fraction of sp³-hybridized carbons (Fsp3) is 0.750. The third-order valence-corrected chi connectivity index (χ3v) is 3.29. The van der Waals surface area contributed by atoms with E-state index in [0.29, 0.717) is 5.91 Å². The van der Waals surface area contributed by atoms with Gasteiger partial charge in [0.25, 0.3) is 0 Å². The largest absolute Gasteiger partial charge is 0.338 e. The van der Waals surface area contributed by atoms with Crippen molar-refractivity contribution < 1.29 is 4.79 Å². The third-order valence-electron chi connectivity index (χ3n) is 3.29. The van der Waals surface area contributed by atoms with Crippen LogP contribution in [0.25, 0.3) is 0 Å². The number of nitrogens with zero attached hydrogens (tertiary/aromatic N) is 1. The molecule has 2 aliphatic heterocycles. The molecule has 1 atom stereocenters. The van der Waals surface area contributed by atoms with E-state index in [9.17, 15) is 4.79 Å². The first kappa shape index (κ1) is 10.7. The average Bonchev–Trinajstić information content (AvgIpc) is 2.29. The number of carbonyl (C=O) groups is 1. The summed E-state index contributed by atoms with van der Waals surface area (Å²) in [4.78, 5) is 14.2. The number of hydrogen-bond acceptors (Lipinski definition) is 2. The molecule has 0 bridgehead atoms. The molecule has 0 aromatic rings. The minimum absolute atomic E-state index is 0.227. The predicted molar refractivity (Wildman–Crippen MR) is 60.5 cm³/mol. The van der Waals surface area contributed by atoms with E-state index in [4.69, 9.17) is 0 Å². The van der Waals surface area contributed by atoms with E-state index in [1.165, 1.54) is 5.57 Å². The molecule has 0 aliphatic carbocycles. The average molecular weight is 208 g/mol. The Balaban J connectivity index is 1.92. The van der Waals surface area contributed by atoms with Crippen LogP contribution in [-0.4, -0.2) is 37.0 Å². The number of nitrogens with one attached hydrogen (secondary N) is 1. The summed E-state index contributed by atoms with van der Waals surface area (Å²) in [6.45, 7) is 5.81. The second-order valence-corrected chi connectivity index (χ2v) is 4.64. The normalized spacial score (nSPS) is 27.4. The minimum atomic E-state index is 0.227. The highest BCUT2D eigenvalue weighted by Gasteiger charge is 2.26. The highest BCUT2D eigenvalue weighted by Crippen LogP contribution is 2.17. The molecule has 0 radical (unpaired) electrons. The number of hydrogen-bond donors (Lipinski definition) is 1. The molecular weight excluding hydrogens is 188 g/mol. The van der Waals surface area contributed by atoms with Crippen LogP contribution in [0.15, 0.2) is 11.6 Å². The molecule has 0 spiro atoms. The summed E-state index contributed by atoms with van der Waals surface area (Å²) in [5.41, 5.74) is 1.33. The van der Waals surface area contributed by atoms with Gasteiger partial charge in [-0.15, -0.1) is 0 Å². The maximum atomic E-state index is 12.2. The predicted octanol–water partition coefficient (Wildman–Crippen LogP) is 1.16. The van der Waals surface area contributed by atoms with Crippen LogP contribution in [0.1, 0.15) is 26.2 Å². The van der Waals surface area contributed by atoms with Gasteiger partial charge in [-0.3, -0.25) is 4.79 Å². The van der Waals surface area contributed by atoms with Crippen LogP contribution in [0.5, 0.6) is 0 Å². The summed E-state index contributed by atoms with van der Waals surface area (Å²) in [6.07, 6.45) is 5.46. The number of carbonyl (C=O) groups excluding carboxylic acids is 1. The Bertz CT molecular complexity index is 267. The van der Waals surface area contributed by atoms with Gasteiger partial charge in [-0.25, -0.2) is 0 Å². The lowest BCUT2D eigenvalue weighted by Gasteiger charge is -2.31. The van der Waals surface area contributed by atoms with Crippen molar-refractivity contribution in [2.45, 2.75) is 26.2 Å². The molecule has 1 N–H and O–H groups in total. The van der Waals surface area contributed by atoms with Crippen LogP contribution in [0.3, 0.4) is 0 Å². The van der Waals surface area contributed by atoms with Gasteiger partial charge in [0.1, 0.15) is 0 Å². The third kappa shape index (κ3) is 2.59. The molecule has 1 amide bonds. The van der Waals surface area contributed by atoms with Gasteiger partial charge >= 0.3 is 0 Å². The van der Waals surface area contributed by atoms with E-state index in [0.717, 1.165) is 45.4 Å². The molecule has 0 saturated carbocycles. The summed E-state index contributed by atoms with van der Waals surface area (Å²) < 4.78 is 0. The molecule has 1 saturated heterocycles. The van der Waals surface area contributed by atoms with Crippen molar-refractivity contribution in [2.75, 3.05) is 26.2 Å².